The van der Waals surface area contributed by atoms with Crippen molar-refractivity contribution in [3.05, 3.63) is 40.8 Å². The zero-order valence-corrected chi connectivity index (χ0v) is 14.0. The third kappa shape index (κ3) is 3.99. The molecule has 2 aromatic rings. The average molecular weight is 334 g/mol. The topological polar surface area (TPSA) is 59.4 Å². The molecule has 2 unspecified atom stereocenters. The summed E-state index contributed by atoms with van der Waals surface area (Å²) in [6, 6.07) is 5.91. The molecule has 1 amide bonds. The third-order valence-electron chi connectivity index (χ3n) is 4.13. The predicted octanol–water partition coefficient (Wildman–Crippen LogP) is 1.70. The Morgan fingerprint density at radius 1 is 1.43 bits per heavy atom. The van der Waals surface area contributed by atoms with Crippen LogP contribution in [0.1, 0.15) is 23.9 Å². The molecule has 7 heteroatoms. The van der Waals surface area contributed by atoms with Gasteiger partial charge in [0.05, 0.1) is 19.3 Å². The van der Waals surface area contributed by atoms with Gasteiger partial charge < -0.3 is 10.1 Å². The molecule has 6 nitrogen and oxygen atoms in total. The minimum atomic E-state index is -0.307. The summed E-state index contributed by atoms with van der Waals surface area (Å²) in [5, 5.41) is 9.30. The summed E-state index contributed by atoms with van der Waals surface area (Å²) in [7, 11) is 0. The van der Waals surface area contributed by atoms with E-state index in [1.165, 1.54) is 4.88 Å². The highest BCUT2D eigenvalue weighted by molar-refractivity contribution is 7.10. The van der Waals surface area contributed by atoms with Crippen LogP contribution in [0.5, 0.6) is 0 Å². The first kappa shape index (κ1) is 16.2. The number of thiophene rings is 1. The van der Waals surface area contributed by atoms with Gasteiger partial charge in [0.1, 0.15) is 6.04 Å². The van der Waals surface area contributed by atoms with Crippen molar-refractivity contribution in [2.24, 2.45) is 0 Å². The van der Waals surface area contributed by atoms with Gasteiger partial charge in [0.25, 0.3) is 0 Å². The fourth-order valence-electron chi connectivity index (χ4n) is 2.75. The van der Waals surface area contributed by atoms with E-state index in [9.17, 15) is 4.79 Å². The molecule has 23 heavy (non-hydrogen) atoms. The lowest BCUT2D eigenvalue weighted by atomic mass is 10.1. The van der Waals surface area contributed by atoms with E-state index in [-0.39, 0.29) is 18.0 Å². The van der Waals surface area contributed by atoms with Crippen LogP contribution in [-0.2, 0) is 9.53 Å². The molecule has 2 aromatic heterocycles. The SMILES string of the molecule is CC(C(=O)NCC(c1cccs1)N1CCOCC1)n1cccn1. The van der Waals surface area contributed by atoms with E-state index in [0.29, 0.717) is 6.54 Å². The highest BCUT2D eigenvalue weighted by Gasteiger charge is 2.25. The Morgan fingerprint density at radius 2 is 2.26 bits per heavy atom. The molecule has 0 spiro atoms. The molecule has 2 atom stereocenters. The second-order valence-electron chi connectivity index (χ2n) is 5.59. The molecule has 0 aliphatic carbocycles. The number of nitrogens with zero attached hydrogens (tertiary/aromatic N) is 3. The number of nitrogens with one attached hydrogen (secondary N) is 1. The fraction of sp³-hybridized carbons (Fsp3) is 0.500. The van der Waals surface area contributed by atoms with Gasteiger partial charge in [-0.15, -0.1) is 11.3 Å². The van der Waals surface area contributed by atoms with Gasteiger partial charge in [0.2, 0.25) is 5.91 Å². The van der Waals surface area contributed by atoms with E-state index >= 15 is 0 Å². The second kappa shape index (κ2) is 7.72. The Labute approximate surface area is 140 Å². The molecule has 3 rings (SSSR count). The van der Waals surface area contributed by atoms with Gasteiger partial charge in [-0.05, 0) is 24.4 Å². The minimum Gasteiger partial charge on any atom is -0.379 e. The molecule has 1 saturated heterocycles. The maximum absolute atomic E-state index is 12.4. The van der Waals surface area contributed by atoms with Gasteiger partial charge in [-0.2, -0.15) is 5.10 Å². The first-order valence-corrected chi connectivity index (χ1v) is 8.75. The van der Waals surface area contributed by atoms with Crippen LogP contribution < -0.4 is 5.32 Å². The first-order chi connectivity index (χ1) is 11.3. The third-order valence-corrected chi connectivity index (χ3v) is 5.10. The lowest BCUT2D eigenvalue weighted by Crippen LogP contribution is -2.44. The van der Waals surface area contributed by atoms with Crippen molar-refractivity contribution in [3.63, 3.8) is 0 Å². The summed E-state index contributed by atoms with van der Waals surface area (Å²) >= 11 is 1.73. The molecular weight excluding hydrogens is 312 g/mol. The van der Waals surface area contributed by atoms with E-state index in [4.69, 9.17) is 4.74 Å². The quantitative estimate of drug-likeness (QED) is 0.873. The fourth-order valence-corrected chi connectivity index (χ4v) is 3.62. The molecule has 3 heterocycles. The smallest absolute Gasteiger partial charge is 0.244 e. The number of hydrogen-bond donors (Lipinski definition) is 1. The van der Waals surface area contributed by atoms with E-state index in [2.05, 4.69) is 32.8 Å². The Morgan fingerprint density at radius 3 is 2.91 bits per heavy atom. The Hall–Kier alpha value is -1.70. The summed E-state index contributed by atoms with van der Waals surface area (Å²) in [4.78, 5) is 16.0. The Balaban J connectivity index is 1.63. The van der Waals surface area contributed by atoms with Crippen LogP contribution in [0.15, 0.2) is 36.0 Å². The number of hydrogen-bond acceptors (Lipinski definition) is 5. The summed E-state index contributed by atoms with van der Waals surface area (Å²) < 4.78 is 7.11. The van der Waals surface area contributed by atoms with Crippen LogP contribution in [0.25, 0.3) is 0 Å². The molecular formula is C16H22N4O2S. The Bertz CT molecular complexity index is 594. The number of carbonyl (C=O) groups is 1. The van der Waals surface area contributed by atoms with Crippen LogP contribution in [0.4, 0.5) is 0 Å². The molecule has 1 fully saturated rings. The number of rotatable bonds is 6. The number of carbonyl (C=O) groups excluding carboxylic acids is 1. The van der Waals surface area contributed by atoms with Crippen LogP contribution >= 0.6 is 11.3 Å². The van der Waals surface area contributed by atoms with Crippen LogP contribution in [0.3, 0.4) is 0 Å². The van der Waals surface area contributed by atoms with Gasteiger partial charge in [-0.25, -0.2) is 0 Å². The maximum atomic E-state index is 12.4. The first-order valence-electron chi connectivity index (χ1n) is 7.88. The van der Waals surface area contributed by atoms with Crippen molar-refractivity contribution in [1.82, 2.24) is 20.0 Å². The minimum absolute atomic E-state index is 0.0106. The zero-order chi connectivity index (χ0) is 16.1. The van der Waals surface area contributed by atoms with Crippen molar-refractivity contribution < 1.29 is 9.53 Å². The van der Waals surface area contributed by atoms with Crippen LogP contribution in [-0.4, -0.2) is 53.4 Å². The lowest BCUT2D eigenvalue weighted by Gasteiger charge is -2.34. The lowest BCUT2D eigenvalue weighted by molar-refractivity contribution is -0.124. The van der Waals surface area contributed by atoms with E-state index in [0.717, 1.165) is 26.3 Å². The van der Waals surface area contributed by atoms with Crippen molar-refractivity contribution in [2.45, 2.75) is 19.0 Å². The van der Waals surface area contributed by atoms with Gasteiger partial charge in [-0.3, -0.25) is 14.4 Å². The summed E-state index contributed by atoms with van der Waals surface area (Å²) in [6.07, 6.45) is 3.49. The van der Waals surface area contributed by atoms with E-state index in [1.54, 1.807) is 22.2 Å². The van der Waals surface area contributed by atoms with Crippen LogP contribution in [0, 0.1) is 0 Å². The molecule has 1 N–H and O–H groups in total. The highest BCUT2D eigenvalue weighted by atomic mass is 32.1. The zero-order valence-electron chi connectivity index (χ0n) is 13.2. The normalized spacial score (nSPS) is 18.5. The Kier molecular flexibility index (Phi) is 5.43. The number of amides is 1. The number of morpholine rings is 1. The molecule has 1 aliphatic heterocycles. The van der Waals surface area contributed by atoms with Crippen molar-refractivity contribution in [1.29, 1.82) is 0 Å². The van der Waals surface area contributed by atoms with Gasteiger partial charge >= 0.3 is 0 Å². The maximum Gasteiger partial charge on any atom is 0.244 e. The molecule has 0 bridgehead atoms. The van der Waals surface area contributed by atoms with Crippen molar-refractivity contribution >= 4 is 17.2 Å². The van der Waals surface area contributed by atoms with Crippen molar-refractivity contribution in [3.8, 4) is 0 Å². The summed E-state index contributed by atoms with van der Waals surface area (Å²) in [5.41, 5.74) is 0. The summed E-state index contributed by atoms with van der Waals surface area (Å²) in [5.74, 6) is -0.0106. The van der Waals surface area contributed by atoms with E-state index < -0.39 is 0 Å². The number of ether oxygens (including phenoxy) is 1. The molecule has 1 aliphatic rings. The van der Waals surface area contributed by atoms with Crippen LogP contribution in [0.2, 0.25) is 0 Å². The largest absolute Gasteiger partial charge is 0.379 e. The summed E-state index contributed by atoms with van der Waals surface area (Å²) in [6.45, 7) is 5.75. The highest BCUT2D eigenvalue weighted by Crippen LogP contribution is 2.25. The molecule has 124 valence electrons. The molecule has 0 radical (unpaired) electrons. The van der Waals surface area contributed by atoms with Gasteiger partial charge in [0, 0.05) is 36.9 Å². The predicted molar refractivity (Wildman–Crippen MR) is 89.4 cm³/mol. The van der Waals surface area contributed by atoms with E-state index in [1.807, 2.05) is 19.2 Å². The molecule has 0 aromatic carbocycles. The van der Waals surface area contributed by atoms with Crippen molar-refractivity contribution in [2.75, 3.05) is 32.8 Å². The monoisotopic (exact) mass is 334 g/mol. The average Bonchev–Trinajstić information content (AvgIpc) is 3.29. The second-order valence-corrected chi connectivity index (χ2v) is 6.57. The van der Waals surface area contributed by atoms with Gasteiger partial charge in [0.15, 0.2) is 0 Å². The van der Waals surface area contributed by atoms with Gasteiger partial charge in [-0.1, -0.05) is 6.07 Å². The number of aromatic nitrogens is 2. The standard InChI is InChI=1S/C16H22N4O2S/c1-13(20-6-3-5-18-20)16(21)17-12-14(15-4-2-11-23-15)19-7-9-22-10-8-19/h2-6,11,13-14H,7-10,12H2,1H3,(H,17,21). The molecule has 0 saturated carbocycles.